The van der Waals surface area contributed by atoms with Crippen molar-refractivity contribution in [1.82, 2.24) is 0 Å². The van der Waals surface area contributed by atoms with Crippen molar-refractivity contribution in [3.63, 3.8) is 0 Å². The molecule has 0 bridgehead atoms. The number of benzene rings is 1. The molecular formula is C10H13BrClNO2. The maximum Gasteiger partial charge on any atom is 0.106 e. The van der Waals surface area contributed by atoms with Crippen LogP contribution in [-0.2, 0) is 0 Å². The second kappa shape index (κ2) is 5.70. The first kappa shape index (κ1) is 12.8. The van der Waals surface area contributed by atoms with Gasteiger partial charge in [-0.2, -0.15) is 0 Å². The molecule has 2 unspecified atom stereocenters. The van der Waals surface area contributed by atoms with Gasteiger partial charge in [0.25, 0.3) is 0 Å². The first-order valence-electron chi connectivity index (χ1n) is 4.53. The molecule has 0 heterocycles. The Balaban J connectivity index is 2.86. The van der Waals surface area contributed by atoms with Crippen LogP contribution in [0.5, 0.6) is 0 Å². The Kier molecular flexibility index (Phi) is 4.86. The van der Waals surface area contributed by atoms with Gasteiger partial charge >= 0.3 is 0 Å². The highest BCUT2D eigenvalue weighted by molar-refractivity contribution is 9.09. The van der Waals surface area contributed by atoms with Gasteiger partial charge in [-0.15, -0.1) is 0 Å². The maximum atomic E-state index is 9.80. The summed E-state index contributed by atoms with van der Waals surface area (Å²) >= 11 is 9.10. The fraction of sp³-hybridized carbons (Fsp3) is 0.400. The Bertz CT molecular complexity index is 335. The van der Waals surface area contributed by atoms with Crippen molar-refractivity contribution in [1.29, 1.82) is 0 Å². The Morgan fingerprint density at radius 3 is 2.60 bits per heavy atom. The van der Waals surface area contributed by atoms with E-state index >= 15 is 0 Å². The highest BCUT2D eigenvalue weighted by Gasteiger charge is 2.19. The van der Waals surface area contributed by atoms with E-state index in [0.717, 1.165) is 0 Å². The average Bonchev–Trinajstić information content (AvgIpc) is 2.17. The third-order valence-electron chi connectivity index (χ3n) is 2.11. The molecule has 0 radical (unpaired) electrons. The highest BCUT2D eigenvalue weighted by atomic mass is 79.9. The van der Waals surface area contributed by atoms with E-state index < -0.39 is 12.2 Å². The van der Waals surface area contributed by atoms with Crippen LogP contribution in [0.25, 0.3) is 0 Å². The topological polar surface area (TPSA) is 66.5 Å². The number of rotatable bonds is 4. The Hall–Kier alpha value is -0.290. The van der Waals surface area contributed by atoms with Crippen LogP contribution in [0.2, 0.25) is 5.02 Å². The molecule has 3 nitrogen and oxygen atoms in total. The summed E-state index contributed by atoms with van der Waals surface area (Å²) < 4.78 is 0. The molecule has 4 N–H and O–H groups in total. The SMILES string of the molecule is Nc1ccc(C(O)C(O)CCBr)c(Cl)c1. The molecule has 0 aliphatic rings. The molecule has 0 aliphatic heterocycles. The number of hydrogen-bond donors (Lipinski definition) is 3. The quantitative estimate of drug-likeness (QED) is 0.588. The Morgan fingerprint density at radius 1 is 1.40 bits per heavy atom. The zero-order valence-corrected chi connectivity index (χ0v) is 10.4. The fourth-order valence-electron chi connectivity index (χ4n) is 1.26. The predicted octanol–water partition coefficient (Wildman–Crippen LogP) is 2.10. The van der Waals surface area contributed by atoms with E-state index in [0.29, 0.717) is 28.0 Å². The van der Waals surface area contributed by atoms with Gasteiger partial charge in [-0.25, -0.2) is 0 Å². The van der Waals surface area contributed by atoms with Crippen molar-refractivity contribution >= 4 is 33.2 Å². The van der Waals surface area contributed by atoms with Gasteiger partial charge in [0.05, 0.1) is 6.10 Å². The van der Waals surface area contributed by atoms with Crippen molar-refractivity contribution in [3.05, 3.63) is 28.8 Å². The molecule has 0 amide bonds. The molecule has 0 spiro atoms. The first-order chi connectivity index (χ1) is 7.06. The van der Waals surface area contributed by atoms with Crippen LogP contribution in [-0.4, -0.2) is 21.6 Å². The van der Waals surface area contributed by atoms with Crippen molar-refractivity contribution in [2.75, 3.05) is 11.1 Å². The van der Waals surface area contributed by atoms with Crippen molar-refractivity contribution in [2.24, 2.45) is 0 Å². The van der Waals surface area contributed by atoms with Gasteiger partial charge in [0.15, 0.2) is 0 Å². The summed E-state index contributed by atoms with van der Waals surface area (Å²) in [5, 5.41) is 20.4. The van der Waals surface area contributed by atoms with E-state index in [-0.39, 0.29) is 0 Å². The third-order valence-corrected chi connectivity index (χ3v) is 2.90. The second-order valence-corrected chi connectivity index (χ2v) is 4.47. The molecule has 1 aromatic rings. The molecule has 0 fully saturated rings. The zero-order valence-electron chi connectivity index (χ0n) is 8.03. The highest BCUT2D eigenvalue weighted by Crippen LogP contribution is 2.28. The Labute approximate surface area is 102 Å². The van der Waals surface area contributed by atoms with E-state index in [4.69, 9.17) is 17.3 Å². The summed E-state index contributed by atoms with van der Waals surface area (Å²) in [4.78, 5) is 0. The lowest BCUT2D eigenvalue weighted by atomic mass is 10.0. The van der Waals surface area contributed by atoms with Crippen LogP contribution in [0.4, 0.5) is 5.69 Å². The van der Waals surface area contributed by atoms with E-state index in [2.05, 4.69) is 15.9 Å². The number of alkyl halides is 1. The summed E-state index contributed by atoms with van der Waals surface area (Å²) in [6.45, 7) is 0. The van der Waals surface area contributed by atoms with Gasteiger partial charge in [-0.1, -0.05) is 33.6 Å². The number of nitrogen functional groups attached to an aromatic ring is 1. The van der Waals surface area contributed by atoms with Crippen LogP contribution in [0.15, 0.2) is 18.2 Å². The smallest absolute Gasteiger partial charge is 0.106 e. The summed E-state index contributed by atoms with van der Waals surface area (Å²) in [5.41, 5.74) is 6.56. The molecule has 0 aliphatic carbocycles. The van der Waals surface area contributed by atoms with Crippen molar-refractivity contribution in [2.45, 2.75) is 18.6 Å². The number of halogens is 2. The lowest BCUT2D eigenvalue weighted by Gasteiger charge is -2.18. The number of aliphatic hydroxyl groups excluding tert-OH is 2. The summed E-state index contributed by atoms with van der Waals surface area (Å²) in [5.74, 6) is 0. The standard InChI is InChI=1S/C10H13BrClNO2/c11-4-3-9(14)10(15)7-2-1-6(13)5-8(7)12/h1-2,5,9-10,14-15H,3-4,13H2. The maximum absolute atomic E-state index is 9.80. The molecule has 2 atom stereocenters. The van der Waals surface area contributed by atoms with Gasteiger partial charge in [0.1, 0.15) is 6.10 Å². The van der Waals surface area contributed by atoms with E-state index in [9.17, 15) is 10.2 Å². The van der Waals surface area contributed by atoms with Crippen LogP contribution in [0.1, 0.15) is 18.1 Å². The van der Waals surface area contributed by atoms with E-state index in [1.165, 1.54) is 0 Å². The lowest BCUT2D eigenvalue weighted by Crippen LogP contribution is -2.18. The van der Waals surface area contributed by atoms with Crippen LogP contribution < -0.4 is 5.73 Å². The molecule has 0 saturated heterocycles. The molecular weight excluding hydrogens is 281 g/mol. The second-order valence-electron chi connectivity index (χ2n) is 3.27. The predicted molar refractivity (Wildman–Crippen MR) is 65.2 cm³/mol. The van der Waals surface area contributed by atoms with E-state index in [1.54, 1.807) is 18.2 Å². The average molecular weight is 295 g/mol. The van der Waals surface area contributed by atoms with Crippen LogP contribution in [0.3, 0.4) is 0 Å². The van der Waals surface area contributed by atoms with Gasteiger partial charge in [0.2, 0.25) is 0 Å². The molecule has 5 heteroatoms. The normalized spacial score (nSPS) is 14.9. The summed E-state index contributed by atoms with van der Waals surface area (Å²) in [6.07, 6.45) is -1.34. The molecule has 84 valence electrons. The molecule has 1 aromatic carbocycles. The molecule has 15 heavy (non-hydrogen) atoms. The number of anilines is 1. The third kappa shape index (κ3) is 3.34. The van der Waals surface area contributed by atoms with E-state index in [1.807, 2.05) is 0 Å². The fourth-order valence-corrected chi connectivity index (χ4v) is 2.03. The zero-order chi connectivity index (χ0) is 11.4. The molecule has 0 saturated carbocycles. The largest absolute Gasteiger partial charge is 0.399 e. The summed E-state index contributed by atoms with van der Waals surface area (Å²) in [6, 6.07) is 4.83. The molecule has 0 aromatic heterocycles. The van der Waals surface area contributed by atoms with Gasteiger partial charge < -0.3 is 15.9 Å². The number of nitrogens with two attached hydrogens (primary N) is 1. The monoisotopic (exact) mass is 293 g/mol. The number of aliphatic hydroxyl groups is 2. The van der Waals surface area contributed by atoms with Crippen LogP contribution in [0, 0.1) is 0 Å². The van der Waals surface area contributed by atoms with Crippen molar-refractivity contribution in [3.8, 4) is 0 Å². The molecule has 1 rings (SSSR count). The van der Waals surface area contributed by atoms with Gasteiger partial charge in [-0.05, 0) is 18.6 Å². The minimum Gasteiger partial charge on any atom is -0.399 e. The number of hydrogen-bond acceptors (Lipinski definition) is 3. The first-order valence-corrected chi connectivity index (χ1v) is 6.03. The van der Waals surface area contributed by atoms with Crippen LogP contribution >= 0.6 is 27.5 Å². The summed E-state index contributed by atoms with van der Waals surface area (Å²) in [7, 11) is 0. The Morgan fingerprint density at radius 2 is 2.07 bits per heavy atom. The van der Waals surface area contributed by atoms with Gasteiger partial charge in [-0.3, -0.25) is 0 Å². The van der Waals surface area contributed by atoms with Gasteiger partial charge in [0, 0.05) is 21.6 Å². The minimum atomic E-state index is -0.976. The minimum absolute atomic E-state index is 0.371. The lowest BCUT2D eigenvalue weighted by molar-refractivity contribution is 0.0174. The van der Waals surface area contributed by atoms with Crippen molar-refractivity contribution < 1.29 is 10.2 Å².